The number of nitrogens with zero attached hydrogens (tertiary/aromatic N) is 1. The number of nitrogens with one attached hydrogen (secondary N) is 1. The Morgan fingerprint density at radius 2 is 2.08 bits per heavy atom. The molecule has 0 saturated carbocycles. The van der Waals surface area contributed by atoms with Crippen LogP contribution in [0.25, 0.3) is 6.08 Å². The number of halogens is 1. The molecule has 3 amide bonds. The number of anilines is 1. The Morgan fingerprint density at radius 3 is 2.76 bits per heavy atom. The lowest BCUT2D eigenvalue weighted by Gasteiger charge is -2.12. The van der Waals surface area contributed by atoms with Crippen LogP contribution in [0, 0.1) is 6.92 Å². The third-order valence-electron chi connectivity index (χ3n) is 3.34. The van der Waals surface area contributed by atoms with Crippen LogP contribution >= 0.6 is 34.7 Å². The van der Waals surface area contributed by atoms with Crippen LogP contribution in [0.5, 0.6) is 0 Å². The van der Waals surface area contributed by atoms with Crippen LogP contribution in [0.15, 0.2) is 41.3 Å². The molecule has 128 valence electrons. The maximum Gasteiger partial charge on any atom is 0.294 e. The van der Waals surface area contributed by atoms with Crippen LogP contribution in [0.3, 0.4) is 0 Å². The summed E-state index contributed by atoms with van der Waals surface area (Å²) >= 11 is 7.99. The van der Waals surface area contributed by atoms with Gasteiger partial charge in [0.1, 0.15) is 6.54 Å². The summed E-state index contributed by atoms with van der Waals surface area (Å²) in [5.74, 6) is -0.896. The molecule has 1 N–H and O–H groups in total. The molecule has 0 unspecified atom stereocenters. The molecule has 2 heterocycles. The predicted molar refractivity (Wildman–Crippen MR) is 102 cm³/mol. The second kappa shape index (κ2) is 7.43. The number of hydrogen-bond donors (Lipinski definition) is 1. The SMILES string of the molecule is Cc1cccc(NC(=O)CN2C(=O)SC(=Cc3ccc(Cl)s3)C2=O)c1. The van der Waals surface area contributed by atoms with Crippen molar-refractivity contribution >= 4 is 63.5 Å². The number of hydrogen-bond acceptors (Lipinski definition) is 5. The zero-order valence-corrected chi connectivity index (χ0v) is 15.5. The molecule has 3 rings (SSSR count). The van der Waals surface area contributed by atoms with Gasteiger partial charge < -0.3 is 5.32 Å². The summed E-state index contributed by atoms with van der Waals surface area (Å²) in [6.07, 6.45) is 1.61. The zero-order valence-electron chi connectivity index (χ0n) is 13.1. The number of imide groups is 1. The van der Waals surface area contributed by atoms with Crippen LogP contribution < -0.4 is 5.32 Å². The molecule has 5 nitrogen and oxygen atoms in total. The molecule has 0 aliphatic carbocycles. The summed E-state index contributed by atoms with van der Waals surface area (Å²) < 4.78 is 0.600. The number of thiophene rings is 1. The molecule has 0 radical (unpaired) electrons. The van der Waals surface area contributed by atoms with E-state index in [0.29, 0.717) is 10.0 Å². The van der Waals surface area contributed by atoms with E-state index in [1.165, 1.54) is 11.3 Å². The van der Waals surface area contributed by atoms with Crippen LogP contribution in [0.2, 0.25) is 4.34 Å². The van der Waals surface area contributed by atoms with Crippen molar-refractivity contribution in [3.63, 3.8) is 0 Å². The number of aryl methyl sites for hydroxylation is 1. The molecule has 1 aliphatic rings. The van der Waals surface area contributed by atoms with Crippen molar-refractivity contribution in [1.82, 2.24) is 4.90 Å². The quantitative estimate of drug-likeness (QED) is 0.784. The van der Waals surface area contributed by atoms with Crippen LogP contribution in [-0.4, -0.2) is 28.5 Å². The molecule has 2 aromatic rings. The van der Waals surface area contributed by atoms with Crippen molar-refractivity contribution in [3.8, 4) is 0 Å². The average Bonchev–Trinajstić information content (AvgIpc) is 3.06. The maximum absolute atomic E-state index is 12.4. The summed E-state index contributed by atoms with van der Waals surface area (Å²) in [6.45, 7) is 1.59. The maximum atomic E-state index is 12.4. The van der Waals surface area contributed by atoms with E-state index in [-0.39, 0.29) is 11.4 Å². The number of carbonyl (C=O) groups excluding carboxylic acids is 3. The Kier molecular flexibility index (Phi) is 5.27. The summed E-state index contributed by atoms with van der Waals surface area (Å²) in [5.41, 5.74) is 1.63. The van der Waals surface area contributed by atoms with Gasteiger partial charge in [0.2, 0.25) is 5.91 Å². The molecule has 0 bridgehead atoms. The fraction of sp³-hybridized carbons (Fsp3) is 0.118. The van der Waals surface area contributed by atoms with E-state index in [0.717, 1.165) is 27.1 Å². The second-order valence-electron chi connectivity index (χ2n) is 5.33. The lowest BCUT2D eigenvalue weighted by atomic mass is 10.2. The van der Waals surface area contributed by atoms with Crippen molar-refractivity contribution in [2.75, 3.05) is 11.9 Å². The molecule has 1 fully saturated rings. The fourth-order valence-electron chi connectivity index (χ4n) is 2.24. The van der Waals surface area contributed by atoms with Crippen LogP contribution in [0.4, 0.5) is 10.5 Å². The minimum absolute atomic E-state index is 0.284. The third kappa shape index (κ3) is 4.31. The van der Waals surface area contributed by atoms with Gasteiger partial charge in [-0.05, 0) is 54.6 Å². The summed E-state index contributed by atoms with van der Waals surface area (Å²) in [5, 5.41) is 2.23. The third-order valence-corrected chi connectivity index (χ3v) is 5.43. The largest absolute Gasteiger partial charge is 0.325 e. The van der Waals surface area contributed by atoms with Gasteiger partial charge >= 0.3 is 0 Å². The molecule has 1 aliphatic heterocycles. The van der Waals surface area contributed by atoms with Gasteiger partial charge in [-0.2, -0.15) is 0 Å². The van der Waals surface area contributed by atoms with E-state index in [2.05, 4.69) is 5.32 Å². The highest BCUT2D eigenvalue weighted by Gasteiger charge is 2.36. The van der Waals surface area contributed by atoms with Crippen molar-refractivity contribution < 1.29 is 14.4 Å². The van der Waals surface area contributed by atoms with Gasteiger partial charge in [0.25, 0.3) is 11.1 Å². The van der Waals surface area contributed by atoms with Crippen molar-refractivity contribution in [2.24, 2.45) is 0 Å². The standard InChI is InChI=1S/C17H13ClN2O3S2/c1-10-3-2-4-11(7-10)19-15(21)9-20-16(22)13(25-17(20)23)8-12-5-6-14(18)24-12/h2-8H,9H2,1H3,(H,19,21). The average molecular weight is 393 g/mol. The van der Waals surface area contributed by atoms with Crippen molar-refractivity contribution in [2.45, 2.75) is 6.92 Å². The van der Waals surface area contributed by atoms with Gasteiger partial charge in [-0.1, -0.05) is 23.7 Å². The molecule has 0 atom stereocenters. The number of carbonyl (C=O) groups is 3. The highest BCUT2D eigenvalue weighted by Crippen LogP contribution is 2.34. The predicted octanol–water partition coefficient (Wildman–Crippen LogP) is 4.38. The number of rotatable bonds is 4. The second-order valence-corrected chi connectivity index (χ2v) is 8.07. The minimum Gasteiger partial charge on any atom is -0.325 e. The van der Waals surface area contributed by atoms with Gasteiger partial charge in [0.15, 0.2) is 0 Å². The van der Waals surface area contributed by atoms with Crippen molar-refractivity contribution in [1.29, 1.82) is 0 Å². The van der Waals surface area contributed by atoms with E-state index >= 15 is 0 Å². The number of benzene rings is 1. The molecule has 25 heavy (non-hydrogen) atoms. The minimum atomic E-state index is -0.473. The van der Waals surface area contributed by atoms with E-state index in [4.69, 9.17) is 11.6 Å². The molecule has 1 aromatic heterocycles. The highest BCUT2D eigenvalue weighted by atomic mass is 35.5. The monoisotopic (exact) mass is 392 g/mol. The van der Waals surface area contributed by atoms with E-state index < -0.39 is 17.1 Å². The van der Waals surface area contributed by atoms with E-state index in [9.17, 15) is 14.4 Å². The number of thioether (sulfide) groups is 1. The van der Waals surface area contributed by atoms with Crippen LogP contribution in [0.1, 0.15) is 10.4 Å². The lowest BCUT2D eigenvalue weighted by molar-refractivity contribution is -0.127. The van der Waals surface area contributed by atoms with Crippen LogP contribution in [-0.2, 0) is 9.59 Å². The van der Waals surface area contributed by atoms with Crippen molar-refractivity contribution in [3.05, 3.63) is 56.1 Å². The normalized spacial score (nSPS) is 15.9. The summed E-state index contributed by atoms with van der Waals surface area (Å²) in [7, 11) is 0. The van der Waals surface area contributed by atoms with Gasteiger partial charge in [-0.15, -0.1) is 11.3 Å². The molecule has 8 heteroatoms. The fourth-order valence-corrected chi connectivity index (χ4v) is 4.15. The lowest BCUT2D eigenvalue weighted by Crippen LogP contribution is -2.36. The smallest absolute Gasteiger partial charge is 0.294 e. The van der Waals surface area contributed by atoms with Gasteiger partial charge in [-0.25, -0.2) is 0 Å². The topological polar surface area (TPSA) is 66.5 Å². The Labute approximate surface area is 157 Å². The Hall–Kier alpha value is -2.09. The molecular formula is C17H13ClN2O3S2. The molecule has 0 spiro atoms. The first-order valence-electron chi connectivity index (χ1n) is 7.29. The first kappa shape index (κ1) is 17.7. The molecule has 1 aromatic carbocycles. The Morgan fingerprint density at radius 1 is 1.28 bits per heavy atom. The van der Waals surface area contributed by atoms with E-state index in [1.807, 2.05) is 25.1 Å². The Bertz CT molecular complexity index is 892. The summed E-state index contributed by atoms with van der Waals surface area (Å²) in [4.78, 5) is 38.6. The van der Waals surface area contributed by atoms with Gasteiger partial charge in [-0.3, -0.25) is 19.3 Å². The van der Waals surface area contributed by atoms with E-state index in [1.54, 1.807) is 24.3 Å². The molecular weight excluding hydrogens is 380 g/mol. The summed E-state index contributed by atoms with van der Waals surface area (Å²) in [6, 6.07) is 10.8. The Balaban J connectivity index is 1.68. The zero-order chi connectivity index (χ0) is 18.0. The molecule has 1 saturated heterocycles. The van der Waals surface area contributed by atoms with Gasteiger partial charge in [0, 0.05) is 10.6 Å². The first-order chi connectivity index (χ1) is 11.9. The highest BCUT2D eigenvalue weighted by molar-refractivity contribution is 8.18. The first-order valence-corrected chi connectivity index (χ1v) is 9.31. The number of amides is 3. The van der Waals surface area contributed by atoms with Gasteiger partial charge in [0.05, 0.1) is 9.24 Å².